The third kappa shape index (κ3) is 2.52. The number of nitrogens with one attached hydrogen (secondary N) is 1. The lowest BCUT2D eigenvalue weighted by atomic mass is 10.1. The van der Waals surface area contributed by atoms with Crippen LogP contribution in [0.5, 0.6) is 0 Å². The Hall–Kier alpha value is -1.35. The molecule has 3 heteroatoms. The topological polar surface area (TPSA) is 12.0 Å². The number of anilines is 1. The molecule has 1 nitrogen and oxygen atoms in total. The number of fused-ring (bicyclic) bond motifs is 1. The van der Waals surface area contributed by atoms with E-state index < -0.39 is 0 Å². The number of benzene rings is 2. The van der Waals surface area contributed by atoms with Gasteiger partial charge in [-0.05, 0) is 64.5 Å². The second kappa shape index (κ2) is 4.97. The van der Waals surface area contributed by atoms with Gasteiger partial charge in [0.05, 0.1) is 4.47 Å². The molecule has 0 radical (unpaired) electrons. The van der Waals surface area contributed by atoms with Crippen LogP contribution in [0, 0.1) is 12.7 Å². The van der Waals surface area contributed by atoms with E-state index in [0.717, 1.165) is 24.1 Å². The van der Waals surface area contributed by atoms with Crippen molar-refractivity contribution in [2.75, 3.05) is 5.32 Å². The van der Waals surface area contributed by atoms with E-state index in [1.54, 1.807) is 6.07 Å². The second-order valence-electron chi connectivity index (χ2n) is 5.10. The maximum Gasteiger partial charge on any atom is 0.139 e. The smallest absolute Gasteiger partial charge is 0.139 e. The summed E-state index contributed by atoms with van der Waals surface area (Å²) < 4.78 is 14.1. The van der Waals surface area contributed by atoms with E-state index in [0.29, 0.717) is 10.5 Å². The zero-order valence-electron chi connectivity index (χ0n) is 10.7. The van der Waals surface area contributed by atoms with E-state index >= 15 is 0 Å². The Morgan fingerprint density at radius 2 is 1.79 bits per heavy atom. The number of aryl methyl sites for hydroxylation is 1. The highest BCUT2D eigenvalue weighted by Crippen LogP contribution is 2.28. The number of rotatable bonds is 2. The Bertz CT molecular complexity index is 599. The Kier molecular flexibility index (Phi) is 3.31. The molecular weight excluding hydrogens is 305 g/mol. The van der Waals surface area contributed by atoms with Crippen molar-refractivity contribution >= 4 is 21.6 Å². The average molecular weight is 320 g/mol. The molecule has 19 heavy (non-hydrogen) atoms. The molecule has 2 aromatic carbocycles. The lowest BCUT2D eigenvalue weighted by Gasteiger charge is -2.16. The molecule has 1 aliphatic rings. The molecule has 0 saturated heterocycles. The summed E-state index contributed by atoms with van der Waals surface area (Å²) in [6.45, 7) is 1.99. The summed E-state index contributed by atoms with van der Waals surface area (Å²) in [5.41, 5.74) is 4.74. The number of hydrogen-bond acceptors (Lipinski definition) is 1. The maximum absolute atomic E-state index is 13.6. The van der Waals surface area contributed by atoms with Crippen LogP contribution >= 0.6 is 15.9 Å². The van der Waals surface area contributed by atoms with Gasteiger partial charge >= 0.3 is 0 Å². The van der Waals surface area contributed by atoms with Crippen LogP contribution in [0.1, 0.15) is 16.7 Å². The zero-order valence-corrected chi connectivity index (χ0v) is 12.3. The molecule has 1 N–H and O–H groups in total. The van der Waals surface area contributed by atoms with Crippen molar-refractivity contribution in [3.05, 3.63) is 63.4 Å². The van der Waals surface area contributed by atoms with Gasteiger partial charge in [0.15, 0.2) is 0 Å². The van der Waals surface area contributed by atoms with Gasteiger partial charge in [0, 0.05) is 11.7 Å². The van der Waals surface area contributed by atoms with Gasteiger partial charge in [-0.15, -0.1) is 0 Å². The van der Waals surface area contributed by atoms with Crippen LogP contribution in [0.3, 0.4) is 0 Å². The Morgan fingerprint density at radius 1 is 1.16 bits per heavy atom. The first-order valence-electron chi connectivity index (χ1n) is 6.42. The predicted octanol–water partition coefficient (Wildman–Crippen LogP) is 4.48. The van der Waals surface area contributed by atoms with E-state index in [9.17, 15) is 4.39 Å². The quantitative estimate of drug-likeness (QED) is 0.860. The van der Waals surface area contributed by atoms with Gasteiger partial charge in [-0.25, -0.2) is 4.39 Å². The molecular formula is C16H15BrFN. The van der Waals surface area contributed by atoms with E-state index in [2.05, 4.69) is 45.5 Å². The van der Waals surface area contributed by atoms with E-state index in [1.165, 1.54) is 11.1 Å². The summed E-state index contributed by atoms with van der Waals surface area (Å²) in [6.07, 6.45) is 2.01. The van der Waals surface area contributed by atoms with Gasteiger partial charge in [-0.1, -0.05) is 24.3 Å². The maximum atomic E-state index is 13.6. The largest absolute Gasteiger partial charge is 0.381 e. The van der Waals surface area contributed by atoms with Crippen molar-refractivity contribution in [2.24, 2.45) is 0 Å². The van der Waals surface area contributed by atoms with E-state index in [4.69, 9.17) is 0 Å². The highest BCUT2D eigenvalue weighted by Gasteiger charge is 2.21. The van der Waals surface area contributed by atoms with Crippen LogP contribution in [0.2, 0.25) is 0 Å². The molecule has 1 aliphatic carbocycles. The van der Waals surface area contributed by atoms with Crippen LogP contribution in [0.25, 0.3) is 0 Å². The molecule has 0 heterocycles. The van der Waals surface area contributed by atoms with Crippen LogP contribution in [-0.4, -0.2) is 6.04 Å². The molecule has 0 unspecified atom stereocenters. The van der Waals surface area contributed by atoms with Gasteiger partial charge in [-0.3, -0.25) is 0 Å². The molecule has 2 aromatic rings. The predicted molar refractivity (Wildman–Crippen MR) is 80.1 cm³/mol. The van der Waals surface area contributed by atoms with Gasteiger partial charge in [0.1, 0.15) is 5.82 Å². The highest BCUT2D eigenvalue weighted by molar-refractivity contribution is 9.10. The average Bonchev–Trinajstić information content (AvgIpc) is 2.78. The molecule has 0 saturated carbocycles. The van der Waals surface area contributed by atoms with Crippen molar-refractivity contribution in [2.45, 2.75) is 25.8 Å². The highest BCUT2D eigenvalue weighted by atomic mass is 79.9. The molecule has 0 aromatic heterocycles. The third-order valence-corrected chi connectivity index (χ3v) is 4.29. The minimum atomic E-state index is -0.219. The third-order valence-electron chi connectivity index (χ3n) is 3.68. The summed E-state index contributed by atoms with van der Waals surface area (Å²) in [7, 11) is 0. The van der Waals surface area contributed by atoms with Crippen LogP contribution in [-0.2, 0) is 12.8 Å². The van der Waals surface area contributed by atoms with E-state index in [-0.39, 0.29) is 5.82 Å². The van der Waals surface area contributed by atoms with Gasteiger partial charge in [0.2, 0.25) is 0 Å². The Balaban J connectivity index is 1.79. The fraction of sp³-hybridized carbons (Fsp3) is 0.250. The summed E-state index contributed by atoms with van der Waals surface area (Å²) in [5, 5.41) is 3.46. The lowest BCUT2D eigenvalue weighted by Crippen LogP contribution is -2.20. The first kappa shape index (κ1) is 12.7. The summed E-state index contributed by atoms with van der Waals surface area (Å²) in [5.74, 6) is -0.219. The monoisotopic (exact) mass is 319 g/mol. The van der Waals surface area contributed by atoms with Crippen LogP contribution in [0.15, 0.2) is 40.9 Å². The Labute approximate surface area is 121 Å². The number of halogens is 2. The molecule has 3 rings (SSSR count). The molecule has 98 valence electrons. The Morgan fingerprint density at radius 3 is 2.42 bits per heavy atom. The van der Waals surface area contributed by atoms with Crippen molar-refractivity contribution < 1.29 is 4.39 Å². The second-order valence-corrected chi connectivity index (χ2v) is 5.95. The van der Waals surface area contributed by atoms with Crippen molar-refractivity contribution in [1.29, 1.82) is 0 Å². The summed E-state index contributed by atoms with van der Waals surface area (Å²) in [6, 6.07) is 12.2. The zero-order chi connectivity index (χ0) is 13.4. The van der Waals surface area contributed by atoms with Gasteiger partial charge in [-0.2, -0.15) is 0 Å². The molecule has 0 atom stereocenters. The standard InChI is InChI=1S/C16H15BrFN/c1-10-6-14(17)15(18)9-16(10)19-13-7-11-4-2-3-5-12(11)8-13/h2-6,9,13,19H,7-8H2,1H3. The van der Waals surface area contributed by atoms with Crippen LogP contribution < -0.4 is 5.32 Å². The summed E-state index contributed by atoms with van der Waals surface area (Å²) in [4.78, 5) is 0. The molecule has 0 fully saturated rings. The van der Waals surface area contributed by atoms with Crippen molar-refractivity contribution in [3.63, 3.8) is 0 Å². The first-order chi connectivity index (χ1) is 9.13. The molecule has 0 spiro atoms. The minimum absolute atomic E-state index is 0.219. The lowest BCUT2D eigenvalue weighted by molar-refractivity contribution is 0.620. The fourth-order valence-corrected chi connectivity index (χ4v) is 3.14. The first-order valence-corrected chi connectivity index (χ1v) is 7.22. The van der Waals surface area contributed by atoms with Gasteiger partial charge < -0.3 is 5.32 Å². The number of hydrogen-bond donors (Lipinski definition) is 1. The van der Waals surface area contributed by atoms with Crippen LogP contribution in [0.4, 0.5) is 10.1 Å². The molecule has 0 amide bonds. The summed E-state index contributed by atoms with van der Waals surface area (Å²) >= 11 is 3.21. The van der Waals surface area contributed by atoms with E-state index in [1.807, 2.05) is 13.0 Å². The molecule has 0 bridgehead atoms. The minimum Gasteiger partial charge on any atom is -0.381 e. The van der Waals surface area contributed by atoms with Crippen molar-refractivity contribution in [3.8, 4) is 0 Å². The normalized spacial score (nSPS) is 14.5. The molecule has 0 aliphatic heterocycles. The van der Waals surface area contributed by atoms with Gasteiger partial charge in [0.25, 0.3) is 0 Å². The SMILES string of the molecule is Cc1cc(Br)c(F)cc1NC1Cc2ccccc2C1. The van der Waals surface area contributed by atoms with Crippen molar-refractivity contribution in [1.82, 2.24) is 0 Å². The fourth-order valence-electron chi connectivity index (χ4n) is 2.68.